The molecule has 0 saturated carbocycles. The van der Waals surface area contributed by atoms with E-state index >= 15 is 0 Å². The van der Waals surface area contributed by atoms with Gasteiger partial charge >= 0.3 is 0 Å². The third kappa shape index (κ3) is 3.69. The molecule has 2 nitrogen and oxygen atoms in total. The van der Waals surface area contributed by atoms with E-state index < -0.39 is 0 Å². The summed E-state index contributed by atoms with van der Waals surface area (Å²) in [5.41, 5.74) is 0. The minimum absolute atomic E-state index is 0.877. The Bertz CT molecular complexity index is 219. The molecule has 2 aliphatic rings. The van der Waals surface area contributed by atoms with Crippen molar-refractivity contribution < 1.29 is 0 Å². The highest BCUT2D eigenvalue weighted by Gasteiger charge is 2.27. The van der Waals surface area contributed by atoms with Crippen LogP contribution in [0.1, 0.15) is 40.0 Å². The second-order valence-corrected chi connectivity index (χ2v) is 6.43. The molecule has 0 bridgehead atoms. The lowest BCUT2D eigenvalue weighted by molar-refractivity contribution is 0.156. The zero-order valence-electron chi connectivity index (χ0n) is 12.0. The van der Waals surface area contributed by atoms with Crippen LogP contribution < -0.4 is 0 Å². The van der Waals surface area contributed by atoms with Crippen LogP contribution in [0.2, 0.25) is 0 Å². The highest BCUT2D eigenvalue weighted by molar-refractivity contribution is 4.81. The Balaban J connectivity index is 1.69. The normalized spacial score (nSPS) is 29.3. The number of rotatable bonds is 4. The summed E-state index contributed by atoms with van der Waals surface area (Å²) in [6.07, 6.45) is 4.29. The lowest BCUT2D eigenvalue weighted by atomic mass is 9.95. The molecule has 0 N–H and O–H groups in total. The summed E-state index contributed by atoms with van der Waals surface area (Å²) in [4.78, 5) is 5.33. The molecule has 0 aromatic rings. The first kappa shape index (κ1) is 13.4. The van der Waals surface area contributed by atoms with Gasteiger partial charge < -0.3 is 9.80 Å². The van der Waals surface area contributed by atoms with Crippen LogP contribution in [0.5, 0.6) is 0 Å². The van der Waals surface area contributed by atoms with Crippen LogP contribution in [0.4, 0.5) is 0 Å². The van der Waals surface area contributed by atoms with Gasteiger partial charge in [-0.3, -0.25) is 0 Å². The lowest BCUT2D eigenvalue weighted by Gasteiger charge is -2.33. The monoisotopic (exact) mass is 238 g/mol. The van der Waals surface area contributed by atoms with Crippen LogP contribution >= 0.6 is 0 Å². The van der Waals surface area contributed by atoms with Gasteiger partial charge in [0.05, 0.1) is 0 Å². The van der Waals surface area contributed by atoms with Crippen LogP contribution in [-0.2, 0) is 0 Å². The molecule has 1 atom stereocenters. The topological polar surface area (TPSA) is 6.48 Å². The molecule has 0 radical (unpaired) electrons. The standard InChI is InChI=1S/C15H30N2/c1-4-16-8-5-14(6-9-16)11-17-10-7-15(12-17)13(2)3/h13-15H,4-12H2,1-3H3/t15-/m0/s1. The van der Waals surface area contributed by atoms with Gasteiger partial charge in [0.1, 0.15) is 0 Å². The number of hydrogen-bond acceptors (Lipinski definition) is 2. The summed E-state index contributed by atoms with van der Waals surface area (Å²) in [6, 6.07) is 0. The fourth-order valence-electron chi connectivity index (χ4n) is 3.42. The van der Waals surface area contributed by atoms with Crippen molar-refractivity contribution >= 4 is 0 Å². The van der Waals surface area contributed by atoms with E-state index in [0.717, 1.165) is 17.8 Å². The summed E-state index contributed by atoms with van der Waals surface area (Å²) in [5, 5.41) is 0. The molecule has 0 aliphatic carbocycles. The third-order valence-electron chi connectivity index (χ3n) is 4.92. The predicted molar refractivity (Wildman–Crippen MR) is 74.2 cm³/mol. The number of likely N-dealkylation sites (tertiary alicyclic amines) is 2. The number of nitrogens with zero attached hydrogens (tertiary/aromatic N) is 2. The van der Waals surface area contributed by atoms with Crippen LogP contribution in [0.25, 0.3) is 0 Å². The maximum Gasteiger partial charge on any atom is 0.00127 e. The van der Waals surface area contributed by atoms with Gasteiger partial charge in [0, 0.05) is 13.1 Å². The Kier molecular flexibility index (Phi) is 4.87. The van der Waals surface area contributed by atoms with E-state index in [1.54, 1.807) is 0 Å². The summed E-state index contributed by atoms with van der Waals surface area (Å²) < 4.78 is 0. The molecule has 2 aliphatic heterocycles. The molecule has 2 saturated heterocycles. The molecule has 100 valence electrons. The van der Waals surface area contributed by atoms with Crippen molar-refractivity contribution in [3.8, 4) is 0 Å². The van der Waals surface area contributed by atoms with Gasteiger partial charge in [0.2, 0.25) is 0 Å². The summed E-state index contributed by atoms with van der Waals surface area (Å²) in [5.74, 6) is 2.82. The molecule has 2 rings (SSSR count). The van der Waals surface area contributed by atoms with E-state index in [1.165, 1.54) is 58.5 Å². The minimum atomic E-state index is 0.877. The Hall–Kier alpha value is -0.0800. The van der Waals surface area contributed by atoms with Crippen molar-refractivity contribution in [2.45, 2.75) is 40.0 Å². The lowest BCUT2D eigenvalue weighted by Crippen LogP contribution is -2.38. The molecule has 0 amide bonds. The SMILES string of the molecule is CCN1CCC(CN2CC[C@H](C(C)C)C2)CC1. The smallest absolute Gasteiger partial charge is 0.00127 e. The molecule has 0 aromatic heterocycles. The van der Waals surface area contributed by atoms with Gasteiger partial charge in [-0.05, 0) is 63.2 Å². The Labute approximate surface area is 107 Å². The zero-order valence-corrected chi connectivity index (χ0v) is 12.0. The highest BCUT2D eigenvalue weighted by Crippen LogP contribution is 2.26. The summed E-state index contributed by atoms with van der Waals surface area (Å²) in [6.45, 7) is 15.1. The van der Waals surface area contributed by atoms with E-state index in [4.69, 9.17) is 0 Å². The molecular formula is C15H30N2. The van der Waals surface area contributed by atoms with Gasteiger partial charge in [-0.2, -0.15) is 0 Å². The summed E-state index contributed by atoms with van der Waals surface area (Å²) >= 11 is 0. The first-order chi connectivity index (χ1) is 8.19. The Morgan fingerprint density at radius 2 is 1.65 bits per heavy atom. The molecule has 0 aromatic carbocycles. The van der Waals surface area contributed by atoms with Crippen molar-refractivity contribution in [1.82, 2.24) is 9.80 Å². The maximum absolute atomic E-state index is 2.73. The van der Waals surface area contributed by atoms with Crippen molar-refractivity contribution in [3.05, 3.63) is 0 Å². The number of piperidine rings is 1. The number of hydrogen-bond donors (Lipinski definition) is 0. The summed E-state index contributed by atoms with van der Waals surface area (Å²) in [7, 11) is 0. The van der Waals surface area contributed by atoms with E-state index in [2.05, 4.69) is 30.6 Å². The highest BCUT2D eigenvalue weighted by atomic mass is 15.2. The van der Waals surface area contributed by atoms with Gasteiger partial charge in [-0.1, -0.05) is 20.8 Å². The average molecular weight is 238 g/mol. The molecule has 17 heavy (non-hydrogen) atoms. The minimum Gasteiger partial charge on any atom is -0.304 e. The molecular weight excluding hydrogens is 208 g/mol. The largest absolute Gasteiger partial charge is 0.304 e. The predicted octanol–water partition coefficient (Wildman–Crippen LogP) is 2.70. The molecule has 2 heterocycles. The first-order valence-electron chi connectivity index (χ1n) is 7.63. The fraction of sp³-hybridized carbons (Fsp3) is 1.00. The van der Waals surface area contributed by atoms with Crippen molar-refractivity contribution in [2.24, 2.45) is 17.8 Å². The van der Waals surface area contributed by atoms with E-state index in [9.17, 15) is 0 Å². The third-order valence-corrected chi connectivity index (χ3v) is 4.92. The first-order valence-corrected chi connectivity index (χ1v) is 7.63. The second kappa shape index (κ2) is 6.19. The Morgan fingerprint density at radius 1 is 1.00 bits per heavy atom. The second-order valence-electron chi connectivity index (χ2n) is 6.43. The van der Waals surface area contributed by atoms with Crippen LogP contribution in [0.15, 0.2) is 0 Å². The quantitative estimate of drug-likeness (QED) is 0.743. The van der Waals surface area contributed by atoms with Gasteiger partial charge in [-0.15, -0.1) is 0 Å². The van der Waals surface area contributed by atoms with E-state index in [0.29, 0.717) is 0 Å². The van der Waals surface area contributed by atoms with Crippen LogP contribution in [0, 0.1) is 17.8 Å². The van der Waals surface area contributed by atoms with Gasteiger partial charge in [-0.25, -0.2) is 0 Å². The zero-order chi connectivity index (χ0) is 12.3. The van der Waals surface area contributed by atoms with E-state index in [-0.39, 0.29) is 0 Å². The molecule has 2 fully saturated rings. The van der Waals surface area contributed by atoms with E-state index in [1.807, 2.05) is 0 Å². The van der Waals surface area contributed by atoms with Crippen molar-refractivity contribution in [2.75, 3.05) is 39.3 Å². The van der Waals surface area contributed by atoms with Gasteiger partial charge in [0.15, 0.2) is 0 Å². The Morgan fingerprint density at radius 3 is 2.18 bits per heavy atom. The van der Waals surface area contributed by atoms with Crippen LogP contribution in [0.3, 0.4) is 0 Å². The molecule has 0 unspecified atom stereocenters. The van der Waals surface area contributed by atoms with Gasteiger partial charge in [0.25, 0.3) is 0 Å². The average Bonchev–Trinajstić information content (AvgIpc) is 2.79. The molecule has 2 heteroatoms. The van der Waals surface area contributed by atoms with Crippen molar-refractivity contribution in [3.63, 3.8) is 0 Å². The van der Waals surface area contributed by atoms with Crippen molar-refractivity contribution in [1.29, 1.82) is 0 Å². The van der Waals surface area contributed by atoms with Crippen LogP contribution in [-0.4, -0.2) is 49.1 Å². The molecule has 0 spiro atoms. The maximum atomic E-state index is 2.73. The fourth-order valence-corrected chi connectivity index (χ4v) is 3.42.